The largest absolute Gasteiger partial charge is 0.495 e. The molecule has 4 nitrogen and oxygen atoms in total. The Morgan fingerprint density at radius 2 is 2.05 bits per heavy atom. The summed E-state index contributed by atoms with van der Waals surface area (Å²) in [5, 5.41) is 1.78. The predicted molar refractivity (Wildman–Crippen MR) is 79.9 cm³/mol. The fourth-order valence-corrected chi connectivity index (χ4v) is 2.56. The second kappa shape index (κ2) is 6.28. The molecule has 0 aliphatic heterocycles. The summed E-state index contributed by atoms with van der Waals surface area (Å²) < 4.78 is 7.48. The first-order valence-corrected chi connectivity index (χ1v) is 6.84. The Morgan fingerprint density at radius 1 is 1.26 bits per heavy atom. The number of benzene rings is 1. The molecule has 0 bridgehead atoms. The Balaban J connectivity index is 2.54. The molecule has 19 heavy (non-hydrogen) atoms. The van der Waals surface area contributed by atoms with E-state index in [9.17, 15) is 0 Å². The lowest BCUT2D eigenvalue weighted by Gasteiger charge is -2.07. The normalized spacial score (nSPS) is 11.2. The van der Waals surface area contributed by atoms with Gasteiger partial charge >= 0.3 is 0 Å². The van der Waals surface area contributed by atoms with Gasteiger partial charge in [-0.15, -0.1) is 0 Å². The fourth-order valence-electron chi connectivity index (χ4n) is 2.32. The zero-order chi connectivity index (χ0) is 13.8. The van der Waals surface area contributed by atoms with Crippen molar-refractivity contribution >= 4 is 22.5 Å². The molecule has 2 rings (SSSR count). The quantitative estimate of drug-likeness (QED) is 0.853. The number of halogens is 1. The highest BCUT2D eigenvalue weighted by atomic mass is 35.5. The van der Waals surface area contributed by atoms with Gasteiger partial charge in [-0.25, -0.2) is 0 Å². The maximum Gasteiger partial charge on any atom is 0.138 e. The van der Waals surface area contributed by atoms with E-state index in [4.69, 9.17) is 27.8 Å². The summed E-state index contributed by atoms with van der Waals surface area (Å²) in [4.78, 5) is 0. The van der Waals surface area contributed by atoms with Crippen LogP contribution in [-0.4, -0.2) is 24.8 Å². The molecule has 0 saturated heterocycles. The summed E-state index contributed by atoms with van der Waals surface area (Å²) in [6.45, 7) is 2.19. The van der Waals surface area contributed by atoms with Crippen LogP contribution in [0.3, 0.4) is 0 Å². The first-order chi connectivity index (χ1) is 9.21. The SMILES string of the molecule is COc1cc2c(CCN)cn(CCCN)c2cc1Cl. The Hall–Kier alpha value is -1.23. The number of aromatic nitrogens is 1. The van der Waals surface area contributed by atoms with Crippen LogP contribution in [0.1, 0.15) is 12.0 Å². The molecular formula is C14H20ClN3O. The van der Waals surface area contributed by atoms with Crippen molar-refractivity contribution in [2.45, 2.75) is 19.4 Å². The van der Waals surface area contributed by atoms with Gasteiger partial charge in [0.15, 0.2) is 0 Å². The molecule has 0 unspecified atom stereocenters. The molecule has 2 aromatic rings. The number of rotatable bonds is 6. The second-order valence-corrected chi connectivity index (χ2v) is 4.94. The Labute approximate surface area is 118 Å². The zero-order valence-electron chi connectivity index (χ0n) is 11.2. The van der Waals surface area contributed by atoms with Crippen molar-refractivity contribution in [3.63, 3.8) is 0 Å². The summed E-state index contributed by atoms with van der Waals surface area (Å²) in [5.41, 5.74) is 13.6. The number of aryl methyl sites for hydroxylation is 1. The standard InChI is InChI=1S/C14H20ClN3O/c1-19-14-7-11-10(3-5-17)9-18(6-2-4-16)13(11)8-12(14)15/h7-9H,2-6,16-17H2,1H3. The summed E-state index contributed by atoms with van der Waals surface area (Å²) in [7, 11) is 1.63. The maximum atomic E-state index is 6.21. The smallest absolute Gasteiger partial charge is 0.138 e. The molecule has 0 spiro atoms. The van der Waals surface area contributed by atoms with Gasteiger partial charge in [-0.05, 0) is 43.6 Å². The highest BCUT2D eigenvalue weighted by molar-refractivity contribution is 6.32. The van der Waals surface area contributed by atoms with Crippen molar-refractivity contribution in [3.8, 4) is 5.75 Å². The van der Waals surface area contributed by atoms with Crippen molar-refractivity contribution in [1.29, 1.82) is 0 Å². The van der Waals surface area contributed by atoms with Crippen molar-refractivity contribution in [2.75, 3.05) is 20.2 Å². The first-order valence-electron chi connectivity index (χ1n) is 6.46. The third kappa shape index (κ3) is 2.86. The molecule has 1 aromatic carbocycles. The number of nitrogens with two attached hydrogens (primary N) is 2. The van der Waals surface area contributed by atoms with Gasteiger partial charge in [0.05, 0.1) is 17.6 Å². The number of hydrogen-bond donors (Lipinski definition) is 2. The number of nitrogens with zero attached hydrogens (tertiary/aromatic N) is 1. The molecular weight excluding hydrogens is 262 g/mol. The summed E-state index contributed by atoms with van der Waals surface area (Å²) in [5.74, 6) is 0.698. The minimum atomic E-state index is 0.626. The number of fused-ring (bicyclic) bond motifs is 1. The molecule has 5 heteroatoms. The van der Waals surface area contributed by atoms with Crippen LogP contribution in [0.5, 0.6) is 5.75 Å². The molecule has 104 valence electrons. The van der Waals surface area contributed by atoms with Crippen LogP contribution >= 0.6 is 11.6 Å². The van der Waals surface area contributed by atoms with E-state index in [1.807, 2.05) is 12.1 Å². The van der Waals surface area contributed by atoms with E-state index in [0.717, 1.165) is 30.3 Å². The molecule has 4 N–H and O–H groups in total. The first kappa shape index (κ1) is 14.2. The monoisotopic (exact) mass is 281 g/mol. The van der Waals surface area contributed by atoms with E-state index >= 15 is 0 Å². The lowest BCUT2D eigenvalue weighted by molar-refractivity contribution is 0.415. The van der Waals surface area contributed by atoms with Gasteiger partial charge in [0.25, 0.3) is 0 Å². The van der Waals surface area contributed by atoms with E-state index in [-0.39, 0.29) is 0 Å². The van der Waals surface area contributed by atoms with Gasteiger partial charge < -0.3 is 20.8 Å². The minimum Gasteiger partial charge on any atom is -0.495 e. The van der Waals surface area contributed by atoms with Crippen LogP contribution in [-0.2, 0) is 13.0 Å². The topological polar surface area (TPSA) is 66.2 Å². The van der Waals surface area contributed by atoms with Crippen LogP contribution < -0.4 is 16.2 Å². The van der Waals surface area contributed by atoms with E-state index in [0.29, 0.717) is 23.9 Å². The summed E-state index contributed by atoms with van der Waals surface area (Å²) >= 11 is 6.21. The average Bonchev–Trinajstić information content (AvgIpc) is 2.73. The van der Waals surface area contributed by atoms with Gasteiger partial charge in [0, 0.05) is 18.1 Å². The van der Waals surface area contributed by atoms with Crippen LogP contribution in [0, 0.1) is 0 Å². The molecule has 0 saturated carbocycles. The Bertz CT molecular complexity index is 565. The molecule has 0 amide bonds. The van der Waals surface area contributed by atoms with Crippen molar-refractivity contribution in [1.82, 2.24) is 4.57 Å². The van der Waals surface area contributed by atoms with Crippen molar-refractivity contribution < 1.29 is 4.74 Å². The third-order valence-electron chi connectivity index (χ3n) is 3.25. The van der Waals surface area contributed by atoms with E-state index in [1.165, 1.54) is 5.56 Å². The van der Waals surface area contributed by atoms with Crippen LogP contribution in [0.25, 0.3) is 10.9 Å². The van der Waals surface area contributed by atoms with E-state index in [2.05, 4.69) is 10.8 Å². The second-order valence-electron chi connectivity index (χ2n) is 4.53. The maximum absolute atomic E-state index is 6.21. The van der Waals surface area contributed by atoms with Gasteiger partial charge in [-0.3, -0.25) is 0 Å². The van der Waals surface area contributed by atoms with Gasteiger partial charge in [-0.1, -0.05) is 11.6 Å². The molecule has 0 fully saturated rings. The summed E-state index contributed by atoms with van der Waals surface area (Å²) in [6, 6.07) is 3.94. The molecule has 0 aliphatic carbocycles. The zero-order valence-corrected chi connectivity index (χ0v) is 11.9. The third-order valence-corrected chi connectivity index (χ3v) is 3.55. The van der Waals surface area contributed by atoms with Crippen molar-refractivity contribution in [2.24, 2.45) is 11.5 Å². The van der Waals surface area contributed by atoms with Gasteiger partial charge in [0.2, 0.25) is 0 Å². The molecule has 1 aromatic heterocycles. The Morgan fingerprint density at radius 3 is 2.68 bits per heavy atom. The number of hydrogen-bond acceptors (Lipinski definition) is 3. The Kier molecular flexibility index (Phi) is 4.69. The van der Waals surface area contributed by atoms with E-state index < -0.39 is 0 Å². The molecule has 0 aliphatic rings. The van der Waals surface area contributed by atoms with Crippen LogP contribution in [0.4, 0.5) is 0 Å². The van der Waals surface area contributed by atoms with Gasteiger partial charge in [-0.2, -0.15) is 0 Å². The van der Waals surface area contributed by atoms with E-state index in [1.54, 1.807) is 7.11 Å². The molecule has 0 radical (unpaired) electrons. The average molecular weight is 282 g/mol. The highest BCUT2D eigenvalue weighted by Gasteiger charge is 2.12. The van der Waals surface area contributed by atoms with Crippen LogP contribution in [0.15, 0.2) is 18.3 Å². The van der Waals surface area contributed by atoms with Crippen LogP contribution in [0.2, 0.25) is 5.02 Å². The summed E-state index contributed by atoms with van der Waals surface area (Å²) in [6.07, 6.45) is 3.93. The predicted octanol–water partition coefficient (Wildman–Crippen LogP) is 2.15. The van der Waals surface area contributed by atoms with Crippen molar-refractivity contribution in [3.05, 3.63) is 28.9 Å². The molecule has 0 atom stereocenters. The number of methoxy groups -OCH3 is 1. The lowest BCUT2D eigenvalue weighted by atomic mass is 10.1. The highest BCUT2D eigenvalue weighted by Crippen LogP contribution is 2.33. The van der Waals surface area contributed by atoms with Gasteiger partial charge in [0.1, 0.15) is 5.75 Å². The fraction of sp³-hybridized carbons (Fsp3) is 0.429. The molecule has 1 heterocycles. The minimum absolute atomic E-state index is 0.626. The lowest BCUT2D eigenvalue weighted by Crippen LogP contribution is -2.05. The number of ether oxygens (including phenoxy) is 1.